The molecule has 6 heteroatoms. The smallest absolute Gasteiger partial charge is 0.301 e. The number of para-hydroxylation sites is 1. The number of rotatable bonds is 4. The van der Waals surface area contributed by atoms with Gasteiger partial charge in [-0.25, -0.2) is 0 Å². The van der Waals surface area contributed by atoms with E-state index in [4.69, 9.17) is 0 Å². The second kappa shape index (κ2) is 5.26. The first-order valence-corrected chi connectivity index (χ1v) is 7.57. The summed E-state index contributed by atoms with van der Waals surface area (Å²) in [5.74, 6) is 0. The number of nitrogens with zero attached hydrogens (tertiary/aromatic N) is 1. The van der Waals surface area contributed by atoms with Crippen molar-refractivity contribution in [3.63, 3.8) is 0 Å². The van der Waals surface area contributed by atoms with Crippen LogP contribution >= 0.6 is 0 Å². The van der Waals surface area contributed by atoms with Gasteiger partial charge in [-0.05, 0) is 25.1 Å². The predicted octanol–water partition coefficient (Wildman–Crippen LogP) is 1.01. The average Bonchev–Trinajstić information content (AvgIpc) is 2.37. The van der Waals surface area contributed by atoms with Gasteiger partial charge in [0, 0.05) is 19.1 Å². The number of fused-ring (bicyclic) bond motifs is 1. The summed E-state index contributed by atoms with van der Waals surface area (Å²) in [5, 5.41) is 3.22. The van der Waals surface area contributed by atoms with Crippen LogP contribution in [-0.4, -0.2) is 28.6 Å². The third kappa shape index (κ3) is 2.36. The summed E-state index contributed by atoms with van der Waals surface area (Å²) in [6.45, 7) is 2.68. The zero-order valence-electron chi connectivity index (χ0n) is 10.7. The average molecular weight is 269 g/mol. The summed E-state index contributed by atoms with van der Waals surface area (Å²) >= 11 is 0. The van der Waals surface area contributed by atoms with E-state index in [9.17, 15) is 8.42 Å². The van der Waals surface area contributed by atoms with E-state index in [1.807, 2.05) is 31.3 Å². The van der Waals surface area contributed by atoms with Crippen LogP contribution in [0.4, 0.5) is 5.69 Å². The van der Waals surface area contributed by atoms with Crippen LogP contribution < -0.4 is 14.3 Å². The molecule has 1 aliphatic rings. The van der Waals surface area contributed by atoms with Gasteiger partial charge in [0.25, 0.3) is 0 Å². The van der Waals surface area contributed by atoms with Crippen molar-refractivity contribution >= 4 is 15.9 Å². The van der Waals surface area contributed by atoms with Crippen molar-refractivity contribution in [2.45, 2.75) is 19.4 Å². The Labute approximate surface area is 108 Å². The topological polar surface area (TPSA) is 61.4 Å². The van der Waals surface area contributed by atoms with Crippen LogP contribution in [0.5, 0.6) is 0 Å². The van der Waals surface area contributed by atoms with Gasteiger partial charge < -0.3 is 5.32 Å². The van der Waals surface area contributed by atoms with E-state index in [1.54, 1.807) is 6.92 Å². The van der Waals surface area contributed by atoms with Gasteiger partial charge in [-0.3, -0.25) is 4.31 Å². The summed E-state index contributed by atoms with van der Waals surface area (Å²) in [6.07, 6.45) is 0.776. The van der Waals surface area contributed by atoms with Gasteiger partial charge in [-0.2, -0.15) is 13.1 Å². The van der Waals surface area contributed by atoms with E-state index < -0.39 is 10.2 Å². The second-order valence-corrected chi connectivity index (χ2v) is 5.94. The van der Waals surface area contributed by atoms with Gasteiger partial charge >= 0.3 is 10.2 Å². The minimum atomic E-state index is -3.42. The van der Waals surface area contributed by atoms with Crippen molar-refractivity contribution in [3.05, 3.63) is 29.8 Å². The number of anilines is 1. The predicted molar refractivity (Wildman–Crippen MR) is 72.8 cm³/mol. The standard InChI is InChI=1S/C12H19N3O2S/c1-3-14-18(16,17)15-9-8-11(13-2)10-6-4-5-7-12(10)15/h4-7,11,13-14H,3,8-9H2,1-2H3. The van der Waals surface area contributed by atoms with Gasteiger partial charge in [-0.15, -0.1) is 0 Å². The highest BCUT2D eigenvalue weighted by atomic mass is 32.2. The fourth-order valence-corrected chi connectivity index (χ4v) is 3.63. The van der Waals surface area contributed by atoms with Crippen molar-refractivity contribution in [2.75, 3.05) is 24.4 Å². The monoisotopic (exact) mass is 269 g/mol. The van der Waals surface area contributed by atoms with Crippen molar-refractivity contribution in [1.29, 1.82) is 0 Å². The summed E-state index contributed by atoms with van der Waals surface area (Å²) in [5.41, 5.74) is 1.80. The zero-order valence-corrected chi connectivity index (χ0v) is 11.5. The van der Waals surface area contributed by atoms with E-state index in [2.05, 4.69) is 10.0 Å². The number of hydrogen-bond acceptors (Lipinski definition) is 3. The maximum Gasteiger partial charge on any atom is 0.301 e. The Bertz CT molecular complexity index is 516. The normalized spacial score (nSPS) is 19.7. The Kier molecular flexibility index (Phi) is 3.89. The molecule has 18 heavy (non-hydrogen) atoms. The van der Waals surface area contributed by atoms with Crippen LogP contribution in [0.2, 0.25) is 0 Å². The molecule has 1 aromatic carbocycles. The second-order valence-electron chi connectivity index (χ2n) is 4.26. The molecule has 1 heterocycles. The summed E-state index contributed by atoms with van der Waals surface area (Å²) in [4.78, 5) is 0. The maximum absolute atomic E-state index is 12.1. The molecular weight excluding hydrogens is 250 g/mol. The van der Waals surface area contributed by atoms with Crippen LogP contribution in [0.25, 0.3) is 0 Å². The molecule has 100 valence electrons. The molecule has 0 fully saturated rings. The molecule has 0 saturated heterocycles. The molecule has 0 bridgehead atoms. The van der Waals surface area contributed by atoms with Crippen molar-refractivity contribution in [3.8, 4) is 0 Å². The first kappa shape index (κ1) is 13.3. The SMILES string of the molecule is CCNS(=O)(=O)N1CCC(NC)c2ccccc21. The minimum absolute atomic E-state index is 0.217. The van der Waals surface area contributed by atoms with E-state index in [0.717, 1.165) is 17.7 Å². The molecule has 0 aromatic heterocycles. The Hall–Kier alpha value is -1.11. The first-order valence-electron chi connectivity index (χ1n) is 6.13. The van der Waals surface area contributed by atoms with Gasteiger partial charge in [0.2, 0.25) is 0 Å². The highest BCUT2D eigenvalue weighted by molar-refractivity contribution is 7.90. The molecule has 1 atom stereocenters. The van der Waals surface area contributed by atoms with E-state index >= 15 is 0 Å². The molecule has 1 unspecified atom stereocenters. The Morgan fingerprint density at radius 2 is 2.11 bits per heavy atom. The number of nitrogens with one attached hydrogen (secondary N) is 2. The fourth-order valence-electron chi connectivity index (χ4n) is 2.34. The third-order valence-corrected chi connectivity index (χ3v) is 4.78. The van der Waals surface area contributed by atoms with Gasteiger partial charge in [0.05, 0.1) is 5.69 Å². The number of benzene rings is 1. The largest absolute Gasteiger partial charge is 0.313 e. The van der Waals surface area contributed by atoms with E-state index in [1.165, 1.54) is 4.31 Å². The van der Waals surface area contributed by atoms with Gasteiger partial charge in [0.15, 0.2) is 0 Å². The zero-order chi connectivity index (χ0) is 13.2. The maximum atomic E-state index is 12.1. The lowest BCUT2D eigenvalue weighted by molar-refractivity contribution is 0.525. The Balaban J connectivity index is 2.42. The van der Waals surface area contributed by atoms with Crippen LogP contribution in [0, 0.1) is 0 Å². The lowest BCUT2D eigenvalue weighted by Gasteiger charge is -2.34. The number of hydrogen-bond donors (Lipinski definition) is 2. The van der Waals surface area contributed by atoms with Crippen molar-refractivity contribution in [2.24, 2.45) is 0 Å². The third-order valence-electron chi connectivity index (χ3n) is 3.17. The van der Waals surface area contributed by atoms with Crippen LogP contribution in [0.15, 0.2) is 24.3 Å². The Morgan fingerprint density at radius 3 is 2.78 bits per heavy atom. The minimum Gasteiger partial charge on any atom is -0.313 e. The lowest BCUT2D eigenvalue weighted by Crippen LogP contribution is -2.45. The molecule has 0 amide bonds. The van der Waals surface area contributed by atoms with Crippen LogP contribution in [0.1, 0.15) is 24.9 Å². The molecule has 5 nitrogen and oxygen atoms in total. The molecule has 1 aliphatic heterocycles. The molecule has 2 N–H and O–H groups in total. The fraction of sp³-hybridized carbons (Fsp3) is 0.500. The quantitative estimate of drug-likeness (QED) is 0.857. The van der Waals surface area contributed by atoms with Gasteiger partial charge in [0.1, 0.15) is 0 Å². The van der Waals surface area contributed by atoms with Crippen LogP contribution in [0.3, 0.4) is 0 Å². The molecule has 2 rings (SSSR count). The molecule has 0 radical (unpaired) electrons. The van der Waals surface area contributed by atoms with E-state index in [-0.39, 0.29) is 6.04 Å². The molecule has 0 aliphatic carbocycles. The molecular formula is C12H19N3O2S. The lowest BCUT2D eigenvalue weighted by atomic mass is 9.98. The van der Waals surface area contributed by atoms with Crippen LogP contribution in [-0.2, 0) is 10.2 Å². The summed E-state index contributed by atoms with van der Waals surface area (Å²) < 4.78 is 28.3. The highest BCUT2D eigenvalue weighted by Gasteiger charge is 2.30. The molecule has 0 saturated carbocycles. The van der Waals surface area contributed by atoms with Crippen molar-refractivity contribution < 1.29 is 8.42 Å². The summed E-state index contributed by atoms with van der Waals surface area (Å²) in [7, 11) is -1.52. The highest BCUT2D eigenvalue weighted by Crippen LogP contribution is 2.34. The van der Waals surface area contributed by atoms with Gasteiger partial charge in [-0.1, -0.05) is 25.1 Å². The molecule has 0 spiro atoms. The van der Waals surface area contributed by atoms with Crippen molar-refractivity contribution in [1.82, 2.24) is 10.0 Å². The Morgan fingerprint density at radius 1 is 1.39 bits per heavy atom. The molecule has 1 aromatic rings. The van der Waals surface area contributed by atoms with E-state index in [0.29, 0.717) is 13.1 Å². The first-order chi connectivity index (χ1) is 8.60. The summed E-state index contributed by atoms with van der Waals surface area (Å²) in [6, 6.07) is 7.85.